The van der Waals surface area contributed by atoms with E-state index in [4.69, 9.17) is 9.47 Å². The lowest BCUT2D eigenvalue weighted by Gasteiger charge is -2.13. The van der Waals surface area contributed by atoms with Gasteiger partial charge in [0.15, 0.2) is 0 Å². The van der Waals surface area contributed by atoms with Gasteiger partial charge >= 0.3 is 6.09 Å². The minimum Gasteiger partial charge on any atom is -0.497 e. The molecule has 2 amide bonds. The maximum atomic E-state index is 11.8. The lowest BCUT2D eigenvalue weighted by atomic mass is 10.2. The molecule has 108 valence electrons. The number of ether oxygens (including phenoxy) is 2. The molecule has 0 aliphatic carbocycles. The molecule has 1 atom stereocenters. The van der Waals surface area contributed by atoms with Crippen molar-refractivity contribution in [3.05, 3.63) is 24.3 Å². The molecular weight excluding hydrogens is 260 g/mol. The summed E-state index contributed by atoms with van der Waals surface area (Å²) in [5.74, 6) is 0.678. The molecule has 1 N–H and O–H groups in total. The summed E-state index contributed by atoms with van der Waals surface area (Å²) >= 11 is 0. The van der Waals surface area contributed by atoms with Crippen LogP contribution in [0.3, 0.4) is 0 Å². The standard InChI is InChI=1S/C14H18N2O4/c1-3-13(17)15-8-12-9-16(14(18)20-12)10-4-6-11(19-2)7-5-10/h4-7,12H,3,8-9H2,1-2H3,(H,15,17). The third kappa shape index (κ3) is 3.20. The molecular formula is C14H18N2O4. The smallest absolute Gasteiger partial charge is 0.414 e. The van der Waals surface area contributed by atoms with Crippen LogP contribution in [-0.4, -0.2) is 38.3 Å². The maximum Gasteiger partial charge on any atom is 0.414 e. The fraction of sp³-hybridized carbons (Fsp3) is 0.429. The number of methoxy groups -OCH3 is 1. The number of nitrogens with one attached hydrogen (secondary N) is 1. The minimum atomic E-state index is -0.397. The molecule has 0 aromatic heterocycles. The zero-order valence-corrected chi connectivity index (χ0v) is 11.6. The molecule has 0 radical (unpaired) electrons. The molecule has 1 aliphatic heterocycles. The first kappa shape index (κ1) is 14.2. The maximum absolute atomic E-state index is 11.8. The van der Waals surface area contributed by atoms with E-state index in [1.807, 2.05) is 0 Å². The summed E-state index contributed by atoms with van der Waals surface area (Å²) in [4.78, 5) is 24.6. The second-order valence-corrected chi connectivity index (χ2v) is 4.47. The van der Waals surface area contributed by atoms with Gasteiger partial charge in [0.1, 0.15) is 11.9 Å². The number of carbonyl (C=O) groups is 2. The van der Waals surface area contributed by atoms with E-state index in [-0.39, 0.29) is 12.0 Å². The van der Waals surface area contributed by atoms with Crippen LogP contribution in [0.4, 0.5) is 10.5 Å². The average Bonchev–Trinajstić information content (AvgIpc) is 2.86. The molecule has 1 saturated heterocycles. The number of carbonyl (C=O) groups excluding carboxylic acids is 2. The largest absolute Gasteiger partial charge is 0.497 e. The molecule has 1 aliphatic rings. The second-order valence-electron chi connectivity index (χ2n) is 4.47. The van der Waals surface area contributed by atoms with Crippen molar-refractivity contribution < 1.29 is 19.1 Å². The van der Waals surface area contributed by atoms with Gasteiger partial charge in [0.2, 0.25) is 5.91 Å². The summed E-state index contributed by atoms with van der Waals surface area (Å²) in [6.45, 7) is 2.54. The molecule has 6 heteroatoms. The van der Waals surface area contributed by atoms with Crippen LogP contribution >= 0.6 is 0 Å². The van der Waals surface area contributed by atoms with Crippen LogP contribution in [0.2, 0.25) is 0 Å². The SMILES string of the molecule is CCC(=O)NCC1CN(c2ccc(OC)cc2)C(=O)O1. The Balaban J connectivity index is 1.96. The zero-order valence-electron chi connectivity index (χ0n) is 11.6. The van der Waals surface area contributed by atoms with Gasteiger partial charge in [-0.25, -0.2) is 4.79 Å². The third-order valence-electron chi connectivity index (χ3n) is 3.11. The minimum absolute atomic E-state index is 0.0519. The summed E-state index contributed by atoms with van der Waals surface area (Å²) in [5.41, 5.74) is 0.750. The molecule has 1 aromatic rings. The van der Waals surface area contributed by atoms with Gasteiger partial charge in [-0.1, -0.05) is 6.92 Å². The first-order valence-corrected chi connectivity index (χ1v) is 6.53. The molecule has 1 aromatic carbocycles. The van der Waals surface area contributed by atoms with Crippen molar-refractivity contribution in [1.82, 2.24) is 5.32 Å². The number of cyclic esters (lactones) is 1. The molecule has 1 fully saturated rings. The van der Waals surface area contributed by atoms with E-state index in [1.54, 1.807) is 43.2 Å². The highest BCUT2D eigenvalue weighted by atomic mass is 16.6. The number of benzene rings is 1. The molecule has 20 heavy (non-hydrogen) atoms. The summed E-state index contributed by atoms with van der Waals surface area (Å²) in [6, 6.07) is 7.17. The Hall–Kier alpha value is -2.24. The Morgan fingerprint density at radius 1 is 1.45 bits per heavy atom. The third-order valence-corrected chi connectivity index (χ3v) is 3.11. The highest BCUT2D eigenvalue weighted by Gasteiger charge is 2.32. The quantitative estimate of drug-likeness (QED) is 0.887. The van der Waals surface area contributed by atoms with E-state index in [9.17, 15) is 9.59 Å². The fourth-order valence-electron chi connectivity index (χ4n) is 1.95. The van der Waals surface area contributed by atoms with Crippen LogP contribution in [-0.2, 0) is 9.53 Å². The first-order valence-electron chi connectivity index (χ1n) is 6.53. The molecule has 2 rings (SSSR count). The first-order chi connectivity index (χ1) is 9.63. The number of hydrogen-bond acceptors (Lipinski definition) is 4. The number of amides is 2. The van der Waals surface area contributed by atoms with Crippen molar-refractivity contribution in [2.24, 2.45) is 0 Å². The van der Waals surface area contributed by atoms with E-state index < -0.39 is 6.09 Å². The number of rotatable bonds is 5. The highest BCUT2D eigenvalue weighted by molar-refractivity contribution is 5.89. The van der Waals surface area contributed by atoms with Crippen molar-refractivity contribution >= 4 is 17.7 Å². The van der Waals surface area contributed by atoms with Gasteiger partial charge < -0.3 is 14.8 Å². The summed E-state index contributed by atoms with van der Waals surface area (Å²) in [7, 11) is 1.59. The van der Waals surface area contributed by atoms with Crippen LogP contribution in [0.5, 0.6) is 5.75 Å². The van der Waals surface area contributed by atoms with Gasteiger partial charge in [0.25, 0.3) is 0 Å². The van der Waals surface area contributed by atoms with Crippen LogP contribution < -0.4 is 15.0 Å². The van der Waals surface area contributed by atoms with E-state index in [0.29, 0.717) is 19.5 Å². The Morgan fingerprint density at radius 3 is 2.75 bits per heavy atom. The molecule has 0 saturated carbocycles. The fourth-order valence-corrected chi connectivity index (χ4v) is 1.95. The van der Waals surface area contributed by atoms with Gasteiger partial charge in [-0.3, -0.25) is 9.69 Å². The van der Waals surface area contributed by atoms with Gasteiger partial charge in [-0.2, -0.15) is 0 Å². The Morgan fingerprint density at radius 2 is 2.15 bits per heavy atom. The summed E-state index contributed by atoms with van der Waals surface area (Å²) < 4.78 is 10.3. The van der Waals surface area contributed by atoms with Crippen molar-refractivity contribution in [3.8, 4) is 5.75 Å². The summed E-state index contributed by atoms with van der Waals surface area (Å²) in [5, 5.41) is 2.72. The lowest BCUT2D eigenvalue weighted by molar-refractivity contribution is -0.121. The van der Waals surface area contributed by atoms with E-state index >= 15 is 0 Å². The predicted molar refractivity (Wildman–Crippen MR) is 73.9 cm³/mol. The van der Waals surface area contributed by atoms with Crippen LogP contribution in [0.25, 0.3) is 0 Å². The summed E-state index contributed by atoms with van der Waals surface area (Å²) in [6.07, 6.45) is -0.297. The van der Waals surface area contributed by atoms with E-state index in [1.165, 1.54) is 0 Å². The van der Waals surface area contributed by atoms with E-state index in [0.717, 1.165) is 11.4 Å². The van der Waals surface area contributed by atoms with E-state index in [2.05, 4.69) is 5.32 Å². The van der Waals surface area contributed by atoms with Crippen molar-refractivity contribution in [2.45, 2.75) is 19.4 Å². The van der Waals surface area contributed by atoms with Gasteiger partial charge in [-0.15, -0.1) is 0 Å². The monoisotopic (exact) mass is 278 g/mol. The van der Waals surface area contributed by atoms with Gasteiger partial charge in [0.05, 0.1) is 20.2 Å². The Kier molecular flexibility index (Phi) is 4.45. The Bertz CT molecular complexity index is 486. The zero-order chi connectivity index (χ0) is 14.5. The topological polar surface area (TPSA) is 67.9 Å². The number of anilines is 1. The average molecular weight is 278 g/mol. The molecule has 1 heterocycles. The molecule has 0 spiro atoms. The van der Waals surface area contributed by atoms with Crippen molar-refractivity contribution in [3.63, 3.8) is 0 Å². The van der Waals surface area contributed by atoms with Crippen molar-refractivity contribution in [2.75, 3.05) is 25.1 Å². The van der Waals surface area contributed by atoms with Crippen LogP contribution in [0.15, 0.2) is 24.3 Å². The van der Waals surface area contributed by atoms with Crippen LogP contribution in [0.1, 0.15) is 13.3 Å². The number of hydrogen-bond donors (Lipinski definition) is 1. The molecule has 6 nitrogen and oxygen atoms in total. The van der Waals surface area contributed by atoms with Crippen LogP contribution in [0, 0.1) is 0 Å². The van der Waals surface area contributed by atoms with Gasteiger partial charge in [-0.05, 0) is 24.3 Å². The molecule has 0 bridgehead atoms. The predicted octanol–water partition coefficient (Wildman–Crippen LogP) is 1.55. The molecule has 1 unspecified atom stereocenters. The second kappa shape index (κ2) is 6.27. The van der Waals surface area contributed by atoms with Crippen molar-refractivity contribution in [1.29, 1.82) is 0 Å². The highest BCUT2D eigenvalue weighted by Crippen LogP contribution is 2.23. The van der Waals surface area contributed by atoms with Gasteiger partial charge in [0, 0.05) is 12.1 Å². The normalized spacial score (nSPS) is 17.8. The lowest BCUT2D eigenvalue weighted by Crippen LogP contribution is -2.34. The Labute approximate surface area is 117 Å². The number of nitrogens with zero attached hydrogens (tertiary/aromatic N) is 1.